The molecule has 0 aliphatic rings. The van der Waals surface area contributed by atoms with E-state index in [2.05, 4.69) is 0 Å². The lowest BCUT2D eigenvalue weighted by molar-refractivity contribution is 0.1000. The van der Waals surface area contributed by atoms with E-state index in [-0.39, 0.29) is 11.2 Å². The Hall–Kier alpha value is -2.37. The summed E-state index contributed by atoms with van der Waals surface area (Å²) in [6, 6.07) is 13.6. The van der Waals surface area contributed by atoms with Gasteiger partial charge in [-0.1, -0.05) is 31.2 Å². The Labute approximate surface area is 141 Å². The Bertz CT molecular complexity index is 683. The third-order valence-electron chi connectivity index (χ3n) is 4.48. The van der Waals surface area contributed by atoms with E-state index in [4.69, 9.17) is 11.5 Å². The molecule has 2 aromatic carbocycles. The van der Waals surface area contributed by atoms with Crippen molar-refractivity contribution in [2.45, 2.75) is 31.3 Å². The first-order chi connectivity index (χ1) is 11.4. The third kappa shape index (κ3) is 4.13. The van der Waals surface area contributed by atoms with Crippen LogP contribution >= 0.6 is 0 Å². The fourth-order valence-corrected chi connectivity index (χ4v) is 2.96. The van der Waals surface area contributed by atoms with E-state index in [1.54, 1.807) is 36.4 Å². The molecule has 128 valence electrons. The number of aliphatic hydroxyl groups is 1. The molecule has 6 N–H and O–H groups in total. The van der Waals surface area contributed by atoms with Gasteiger partial charge in [-0.3, -0.25) is 4.79 Å². The number of phenols is 1. The van der Waals surface area contributed by atoms with Gasteiger partial charge in [-0.05, 0) is 60.2 Å². The Morgan fingerprint density at radius 1 is 1.12 bits per heavy atom. The highest BCUT2D eigenvalue weighted by atomic mass is 16.3. The summed E-state index contributed by atoms with van der Waals surface area (Å²) in [5.41, 5.74) is 12.9. The van der Waals surface area contributed by atoms with Crippen LogP contribution in [0.4, 0.5) is 0 Å². The molecule has 0 fully saturated rings. The van der Waals surface area contributed by atoms with Crippen molar-refractivity contribution >= 4 is 5.91 Å². The van der Waals surface area contributed by atoms with Crippen molar-refractivity contribution in [1.82, 2.24) is 0 Å². The van der Waals surface area contributed by atoms with Gasteiger partial charge >= 0.3 is 0 Å². The van der Waals surface area contributed by atoms with E-state index >= 15 is 0 Å². The zero-order chi connectivity index (χ0) is 17.7. The zero-order valence-corrected chi connectivity index (χ0v) is 13.8. The van der Waals surface area contributed by atoms with E-state index in [0.29, 0.717) is 24.9 Å². The van der Waals surface area contributed by atoms with Crippen LogP contribution in [0.1, 0.15) is 47.4 Å². The number of hydrogen-bond acceptors (Lipinski definition) is 4. The van der Waals surface area contributed by atoms with Crippen molar-refractivity contribution in [3.8, 4) is 5.75 Å². The minimum Gasteiger partial charge on any atom is -0.508 e. The molecule has 0 aromatic heterocycles. The lowest BCUT2D eigenvalue weighted by Gasteiger charge is -2.32. The van der Waals surface area contributed by atoms with Crippen LogP contribution in [0.3, 0.4) is 0 Å². The summed E-state index contributed by atoms with van der Waals surface area (Å²) in [7, 11) is 0. The summed E-state index contributed by atoms with van der Waals surface area (Å²) in [6.07, 6.45) is 0.487. The molecule has 0 spiro atoms. The summed E-state index contributed by atoms with van der Waals surface area (Å²) in [5, 5.41) is 19.9. The van der Waals surface area contributed by atoms with Crippen LogP contribution in [0, 0.1) is 0 Å². The highest BCUT2D eigenvalue weighted by Gasteiger charge is 2.29. The maximum Gasteiger partial charge on any atom is 0.248 e. The van der Waals surface area contributed by atoms with Gasteiger partial charge in [0, 0.05) is 5.56 Å². The van der Waals surface area contributed by atoms with Gasteiger partial charge in [0.2, 0.25) is 5.91 Å². The maximum atomic E-state index is 11.2. The van der Waals surface area contributed by atoms with Crippen molar-refractivity contribution in [3.63, 3.8) is 0 Å². The molecule has 0 aliphatic carbocycles. The number of hydrogen-bond donors (Lipinski definition) is 4. The monoisotopic (exact) mass is 328 g/mol. The molecule has 0 heterocycles. The van der Waals surface area contributed by atoms with Crippen LogP contribution in [0.5, 0.6) is 5.75 Å². The number of carbonyl (C=O) groups is 1. The van der Waals surface area contributed by atoms with Crippen molar-refractivity contribution in [1.29, 1.82) is 0 Å². The predicted octanol–water partition coefficient (Wildman–Crippen LogP) is 2.22. The number of rotatable bonds is 7. The molecule has 24 heavy (non-hydrogen) atoms. The second-order valence-electron chi connectivity index (χ2n) is 6.35. The van der Waals surface area contributed by atoms with Gasteiger partial charge in [-0.25, -0.2) is 0 Å². The Balaban J connectivity index is 2.25. The topological polar surface area (TPSA) is 110 Å². The number of primary amides is 1. The van der Waals surface area contributed by atoms with Crippen molar-refractivity contribution in [2.75, 3.05) is 6.54 Å². The number of benzene rings is 2. The van der Waals surface area contributed by atoms with Crippen LogP contribution < -0.4 is 11.5 Å². The molecule has 2 aromatic rings. The molecular weight excluding hydrogens is 304 g/mol. The summed E-state index contributed by atoms with van der Waals surface area (Å²) in [6.45, 7) is 2.53. The lowest BCUT2D eigenvalue weighted by atomic mass is 9.74. The number of phenolic OH excluding ortho intramolecular Hbond substituents is 1. The van der Waals surface area contributed by atoms with Crippen molar-refractivity contribution < 1.29 is 15.0 Å². The molecule has 5 heteroatoms. The number of carbonyl (C=O) groups excluding carboxylic acids is 1. The molecule has 1 amide bonds. The predicted molar refractivity (Wildman–Crippen MR) is 93.7 cm³/mol. The number of aromatic hydroxyl groups is 1. The smallest absolute Gasteiger partial charge is 0.248 e. The first-order valence-corrected chi connectivity index (χ1v) is 7.93. The first-order valence-electron chi connectivity index (χ1n) is 7.93. The number of amides is 1. The van der Waals surface area contributed by atoms with Crippen LogP contribution in [0.2, 0.25) is 0 Å². The van der Waals surface area contributed by atoms with Crippen LogP contribution in [-0.2, 0) is 5.41 Å². The fourth-order valence-electron chi connectivity index (χ4n) is 2.96. The average molecular weight is 328 g/mol. The Morgan fingerprint density at radius 2 is 1.71 bits per heavy atom. The summed E-state index contributed by atoms with van der Waals surface area (Å²) in [5.74, 6) is -0.302. The molecule has 0 saturated heterocycles. The van der Waals surface area contributed by atoms with E-state index in [9.17, 15) is 15.0 Å². The highest BCUT2D eigenvalue weighted by Crippen LogP contribution is 2.37. The molecule has 2 rings (SSSR count). The summed E-state index contributed by atoms with van der Waals surface area (Å²) >= 11 is 0. The third-order valence-corrected chi connectivity index (χ3v) is 4.48. The van der Waals surface area contributed by atoms with E-state index in [1.165, 1.54) is 0 Å². The standard InChI is InChI=1S/C19H24N2O3/c1-19(10-11-20,15-6-2-14(3-7-15)18(21)24)12-17(23)13-4-8-16(22)9-5-13/h2-9,17,22-23H,10-12,20H2,1H3,(H2,21,24)/t17?,19-/m1/s1. The molecule has 0 bridgehead atoms. The van der Waals surface area contributed by atoms with Crippen LogP contribution in [0.15, 0.2) is 48.5 Å². The minimum absolute atomic E-state index is 0.165. The minimum atomic E-state index is -0.682. The molecule has 0 radical (unpaired) electrons. The van der Waals surface area contributed by atoms with E-state index in [1.807, 2.05) is 19.1 Å². The highest BCUT2D eigenvalue weighted by molar-refractivity contribution is 5.92. The summed E-state index contributed by atoms with van der Waals surface area (Å²) in [4.78, 5) is 11.2. The lowest BCUT2D eigenvalue weighted by Crippen LogP contribution is -2.28. The van der Waals surface area contributed by atoms with Crippen LogP contribution in [0.25, 0.3) is 0 Å². The van der Waals surface area contributed by atoms with Gasteiger partial charge in [0.15, 0.2) is 0 Å². The molecule has 0 saturated carbocycles. The molecule has 2 atom stereocenters. The number of nitrogens with two attached hydrogens (primary N) is 2. The van der Waals surface area contributed by atoms with Crippen molar-refractivity contribution in [2.24, 2.45) is 11.5 Å². The average Bonchev–Trinajstić information content (AvgIpc) is 2.55. The normalized spacial score (nSPS) is 14.8. The molecule has 5 nitrogen and oxygen atoms in total. The van der Waals surface area contributed by atoms with Gasteiger partial charge in [-0.2, -0.15) is 0 Å². The second kappa shape index (κ2) is 7.47. The maximum absolute atomic E-state index is 11.2. The Kier molecular flexibility index (Phi) is 5.59. The molecule has 1 unspecified atom stereocenters. The quantitative estimate of drug-likeness (QED) is 0.624. The molecular formula is C19H24N2O3. The second-order valence-corrected chi connectivity index (χ2v) is 6.35. The SMILES string of the molecule is C[C@@](CCN)(CC(O)c1ccc(O)cc1)c1ccc(C(N)=O)cc1. The van der Waals surface area contributed by atoms with E-state index in [0.717, 1.165) is 11.1 Å². The van der Waals surface area contributed by atoms with Gasteiger partial charge in [0.05, 0.1) is 6.10 Å². The first kappa shape index (κ1) is 18.0. The van der Waals surface area contributed by atoms with Crippen LogP contribution in [-0.4, -0.2) is 22.7 Å². The zero-order valence-electron chi connectivity index (χ0n) is 13.8. The fraction of sp³-hybridized carbons (Fsp3) is 0.316. The van der Waals surface area contributed by atoms with Gasteiger partial charge in [0.25, 0.3) is 0 Å². The summed E-state index contributed by atoms with van der Waals surface area (Å²) < 4.78 is 0. The van der Waals surface area contributed by atoms with Gasteiger partial charge in [0.1, 0.15) is 5.75 Å². The van der Waals surface area contributed by atoms with Crippen molar-refractivity contribution in [3.05, 3.63) is 65.2 Å². The van der Waals surface area contributed by atoms with Gasteiger partial charge < -0.3 is 21.7 Å². The Morgan fingerprint density at radius 3 is 2.21 bits per heavy atom. The van der Waals surface area contributed by atoms with Gasteiger partial charge in [-0.15, -0.1) is 0 Å². The number of aliphatic hydroxyl groups excluding tert-OH is 1. The molecule has 0 aliphatic heterocycles. The van der Waals surface area contributed by atoms with E-state index < -0.39 is 12.0 Å². The largest absolute Gasteiger partial charge is 0.508 e.